The molecule has 0 saturated carbocycles. The van der Waals surface area contributed by atoms with Crippen LogP contribution in [0.25, 0.3) is 0 Å². The minimum absolute atomic E-state index is 0.185. The Kier molecular flexibility index (Phi) is 3.29. The van der Waals surface area contributed by atoms with Gasteiger partial charge < -0.3 is 10.5 Å². The van der Waals surface area contributed by atoms with Crippen LogP contribution < -0.4 is 10.5 Å². The van der Waals surface area contributed by atoms with Crippen LogP contribution in [-0.2, 0) is 6.54 Å². The van der Waals surface area contributed by atoms with E-state index in [0.717, 1.165) is 6.07 Å². The molecule has 0 spiro atoms. The van der Waals surface area contributed by atoms with Crippen LogP contribution in [0.4, 0.5) is 13.2 Å². The zero-order valence-corrected chi connectivity index (χ0v) is 7.43. The number of hydrogen-bond acceptors (Lipinski definition) is 3. The molecule has 0 unspecified atom stereocenters. The molecule has 0 aromatic carbocycles. The van der Waals surface area contributed by atoms with E-state index in [1.165, 1.54) is 7.11 Å². The molecule has 6 heteroatoms. The van der Waals surface area contributed by atoms with Crippen LogP contribution in [0.2, 0.25) is 0 Å². The largest absolute Gasteiger partial charge is 0.481 e. The Morgan fingerprint density at radius 1 is 1.57 bits per heavy atom. The van der Waals surface area contributed by atoms with E-state index in [0.29, 0.717) is 0 Å². The van der Waals surface area contributed by atoms with Crippen LogP contribution in [-0.4, -0.2) is 12.1 Å². The molecule has 3 nitrogen and oxygen atoms in total. The van der Waals surface area contributed by atoms with Gasteiger partial charge in [0, 0.05) is 18.2 Å². The van der Waals surface area contributed by atoms with Gasteiger partial charge in [0.25, 0.3) is 6.43 Å². The van der Waals surface area contributed by atoms with Gasteiger partial charge in [0.15, 0.2) is 0 Å². The number of methoxy groups -OCH3 is 1. The Balaban J connectivity index is 3.28. The number of nitrogens with two attached hydrogens (primary N) is 1. The third-order valence-corrected chi connectivity index (χ3v) is 1.70. The van der Waals surface area contributed by atoms with Crippen LogP contribution in [0.1, 0.15) is 17.7 Å². The van der Waals surface area contributed by atoms with E-state index in [1.54, 1.807) is 0 Å². The van der Waals surface area contributed by atoms with Gasteiger partial charge in [-0.15, -0.1) is 0 Å². The van der Waals surface area contributed by atoms with Crippen LogP contribution in [0.5, 0.6) is 5.88 Å². The minimum atomic E-state index is -2.86. The summed E-state index contributed by atoms with van der Waals surface area (Å²) in [5, 5.41) is 0. The number of ether oxygens (including phenoxy) is 1. The summed E-state index contributed by atoms with van der Waals surface area (Å²) in [7, 11) is 1.22. The van der Waals surface area contributed by atoms with E-state index >= 15 is 0 Å². The molecule has 1 aromatic heterocycles. The number of halogens is 3. The van der Waals surface area contributed by atoms with Gasteiger partial charge in [0.1, 0.15) is 11.5 Å². The van der Waals surface area contributed by atoms with E-state index in [1.807, 2.05) is 0 Å². The topological polar surface area (TPSA) is 48.1 Å². The molecule has 1 aromatic rings. The maximum Gasteiger partial charge on any atom is 0.280 e. The first kappa shape index (κ1) is 10.8. The molecule has 1 heterocycles. The number of nitrogens with zero attached hydrogens (tertiary/aromatic N) is 1. The van der Waals surface area contributed by atoms with Crippen LogP contribution in [0.15, 0.2) is 6.07 Å². The smallest absolute Gasteiger partial charge is 0.280 e. The summed E-state index contributed by atoms with van der Waals surface area (Å²) in [4.78, 5) is 3.43. The maximum absolute atomic E-state index is 13.1. The van der Waals surface area contributed by atoms with Crippen LogP contribution >= 0.6 is 0 Å². The molecule has 0 aliphatic heterocycles. The van der Waals surface area contributed by atoms with Crippen molar-refractivity contribution in [1.82, 2.24) is 4.98 Å². The van der Waals surface area contributed by atoms with E-state index in [9.17, 15) is 13.2 Å². The fourth-order valence-corrected chi connectivity index (χ4v) is 1.02. The Morgan fingerprint density at radius 3 is 2.64 bits per heavy atom. The summed E-state index contributed by atoms with van der Waals surface area (Å²) >= 11 is 0. The molecular weight excluding hydrogens is 197 g/mol. The standard InChI is InChI=1S/C8H9F3N2O/c1-14-6-2-5(9)4(3-12)7(13-6)8(10)11/h2,8H,3,12H2,1H3. The van der Waals surface area contributed by atoms with Crippen molar-refractivity contribution in [1.29, 1.82) is 0 Å². The summed E-state index contributed by atoms with van der Waals surface area (Å²) in [6.45, 7) is -0.317. The molecule has 2 N–H and O–H groups in total. The summed E-state index contributed by atoms with van der Waals surface area (Å²) in [5.41, 5.74) is 4.19. The normalized spacial score (nSPS) is 10.7. The van der Waals surface area contributed by atoms with Crippen LogP contribution in [0.3, 0.4) is 0 Å². The third-order valence-electron chi connectivity index (χ3n) is 1.70. The number of aromatic nitrogens is 1. The lowest BCUT2D eigenvalue weighted by atomic mass is 10.2. The summed E-state index contributed by atoms with van der Waals surface area (Å²) in [6, 6.07) is 0.925. The first-order valence-corrected chi connectivity index (χ1v) is 3.81. The van der Waals surface area contributed by atoms with E-state index in [4.69, 9.17) is 5.73 Å². The van der Waals surface area contributed by atoms with Gasteiger partial charge in [-0.2, -0.15) is 0 Å². The number of rotatable bonds is 3. The van der Waals surface area contributed by atoms with Crippen molar-refractivity contribution in [2.45, 2.75) is 13.0 Å². The Morgan fingerprint density at radius 2 is 2.21 bits per heavy atom. The predicted molar refractivity (Wildman–Crippen MR) is 43.6 cm³/mol. The molecule has 0 aliphatic carbocycles. The van der Waals surface area contributed by atoms with Crippen molar-refractivity contribution in [2.75, 3.05) is 7.11 Å². The lowest BCUT2D eigenvalue weighted by molar-refractivity contribution is 0.143. The number of alkyl halides is 2. The molecule has 78 valence electrons. The quantitative estimate of drug-likeness (QED) is 0.817. The highest BCUT2D eigenvalue weighted by Gasteiger charge is 2.19. The monoisotopic (exact) mass is 206 g/mol. The van der Waals surface area contributed by atoms with Crippen molar-refractivity contribution in [3.63, 3.8) is 0 Å². The highest BCUT2D eigenvalue weighted by Crippen LogP contribution is 2.25. The summed E-state index contributed by atoms with van der Waals surface area (Å²) in [6.07, 6.45) is -2.86. The first-order chi connectivity index (χ1) is 6.60. The summed E-state index contributed by atoms with van der Waals surface area (Å²) < 4.78 is 42.4. The minimum Gasteiger partial charge on any atom is -0.481 e. The maximum atomic E-state index is 13.1. The van der Waals surface area contributed by atoms with Crippen molar-refractivity contribution < 1.29 is 17.9 Å². The molecule has 1 rings (SSSR count). The average molecular weight is 206 g/mol. The number of hydrogen-bond donors (Lipinski definition) is 1. The molecule has 0 bridgehead atoms. The molecule has 0 atom stereocenters. The Hall–Kier alpha value is -1.30. The lowest BCUT2D eigenvalue weighted by Crippen LogP contribution is -2.08. The third kappa shape index (κ3) is 1.95. The van der Waals surface area contributed by atoms with Crippen LogP contribution in [0, 0.1) is 5.82 Å². The Labute approximate surface area is 78.7 Å². The molecule has 14 heavy (non-hydrogen) atoms. The van der Waals surface area contributed by atoms with Gasteiger partial charge in [0.2, 0.25) is 5.88 Å². The number of pyridine rings is 1. The van der Waals surface area contributed by atoms with Gasteiger partial charge in [-0.05, 0) is 0 Å². The van der Waals surface area contributed by atoms with Crippen molar-refractivity contribution in [3.05, 3.63) is 23.1 Å². The second kappa shape index (κ2) is 4.28. The highest BCUT2D eigenvalue weighted by atomic mass is 19.3. The van der Waals surface area contributed by atoms with Gasteiger partial charge in [-0.25, -0.2) is 18.2 Å². The molecule has 0 fully saturated rings. The molecule has 0 saturated heterocycles. The average Bonchev–Trinajstić information content (AvgIpc) is 2.16. The van der Waals surface area contributed by atoms with Crippen molar-refractivity contribution in [3.8, 4) is 5.88 Å². The van der Waals surface area contributed by atoms with Gasteiger partial charge in [-0.1, -0.05) is 0 Å². The highest BCUT2D eigenvalue weighted by molar-refractivity contribution is 5.28. The second-order valence-corrected chi connectivity index (χ2v) is 2.52. The molecule has 0 radical (unpaired) electrons. The van der Waals surface area contributed by atoms with Gasteiger partial charge >= 0.3 is 0 Å². The van der Waals surface area contributed by atoms with Gasteiger partial charge in [-0.3, -0.25) is 0 Å². The van der Waals surface area contributed by atoms with E-state index in [-0.39, 0.29) is 18.0 Å². The second-order valence-electron chi connectivity index (χ2n) is 2.52. The lowest BCUT2D eigenvalue weighted by Gasteiger charge is -2.08. The van der Waals surface area contributed by atoms with Gasteiger partial charge in [0.05, 0.1) is 7.11 Å². The molecular formula is C8H9F3N2O. The molecule has 0 amide bonds. The van der Waals surface area contributed by atoms with Crippen molar-refractivity contribution in [2.24, 2.45) is 5.73 Å². The van der Waals surface area contributed by atoms with Crippen molar-refractivity contribution >= 4 is 0 Å². The Bertz CT molecular complexity index is 331. The molecule has 0 aliphatic rings. The van der Waals surface area contributed by atoms with E-state index in [2.05, 4.69) is 9.72 Å². The zero-order valence-electron chi connectivity index (χ0n) is 7.43. The fourth-order valence-electron chi connectivity index (χ4n) is 1.02. The first-order valence-electron chi connectivity index (χ1n) is 3.81. The predicted octanol–water partition coefficient (Wildman–Crippen LogP) is 1.63. The zero-order chi connectivity index (χ0) is 10.7. The van der Waals surface area contributed by atoms with E-state index < -0.39 is 17.9 Å². The summed E-state index contributed by atoms with van der Waals surface area (Å²) in [5.74, 6) is -1.01. The SMILES string of the molecule is COc1cc(F)c(CN)c(C(F)F)n1. The fraction of sp³-hybridized carbons (Fsp3) is 0.375.